The zero-order chi connectivity index (χ0) is 15.9. The Labute approximate surface area is 128 Å². The number of hydrogen-bond acceptors (Lipinski definition) is 3. The molecule has 1 heterocycles. The highest BCUT2D eigenvalue weighted by molar-refractivity contribution is 7.89. The Morgan fingerprint density at radius 1 is 1.24 bits per heavy atom. The van der Waals surface area contributed by atoms with Crippen LogP contribution in [0.2, 0.25) is 0 Å². The van der Waals surface area contributed by atoms with E-state index < -0.39 is 10.0 Å². The van der Waals surface area contributed by atoms with Crippen molar-refractivity contribution in [2.75, 3.05) is 12.3 Å². The number of anilines is 1. The van der Waals surface area contributed by atoms with E-state index in [0.717, 1.165) is 24.0 Å². The van der Waals surface area contributed by atoms with E-state index in [4.69, 9.17) is 5.73 Å². The third kappa shape index (κ3) is 2.69. The summed E-state index contributed by atoms with van der Waals surface area (Å²) in [6.45, 7) is 10.4. The summed E-state index contributed by atoms with van der Waals surface area (Å²) in [6.07, 6.45) is 1.87. The molecule has 5 heteroatoms. The molecule has 0 radical (unpaired) electrons. The Morgan fingerprint density at radius 3 is 2.43 bits per heavy atom. The van der Waals surface area contributed by atoms with Crippen LogP contribution in [0.1, 0.15) is 43.4 Å². The van der Waals surface area contributed by atoms with Gasteiger partial charge >= 0.3 is 0 Å². The summed E-state index contributed by atoms with van der Waals surface area (Å²) in [6, 6.07) is 1.96. The van der Waals surface area contributed by atoms with E-state index in [1.54, 1.807) is 4.31 Å². The van der Waals surface area contributed by atoms with E-state index in [-0.39, 0.29) is 6.04 Å². The van der Waals surface area contributed by atoms with Crippen LogP contribution in [0, 0.1) is 26.7 Å². The molecule has 2 N–H and O–H groups in total. The summed E-state index contributed by atoms with van der Waals surface area (Å²) in [5.74, 6) is 0.325. The van der Waals surface area contributed by atoms with Gasteiger partial charge in [-0.25, -0.2) is 8.42 Å². The van der Waals surface area contributed by atoms with Crippen LogP contribution in [0.15, 0.2) is 11.0 Å². The van der Waals surface area contributed by atoms with Gasteiger partial charge in [0.1, 0.15) is 0 Å². The molecule has 118 valence electrons. The number of benzene rings is 1. The summed E-state index contributed by atoms with van der Waals surface area (Å²) < 4.78 is 27.9. The van der Waals surface area contributed by atoms with Crippen molar-refractivity contribution in [2.24, 2.45) is 5.92 Å². The van der Waals surface area contributed by atoms with E-state index in [1.807, 2.05) is 26.8 Å². The van der Waals surface area contributed by atoms with Crippen molar-refractivity contribution in [3.8, 4) is 0 Å². The smallest absolute Gasteiger partial charge is 0.243 e. The number of rotatable bonds is 3. The standard InChI is InChI=1S/C16H26N2O2S/c1-10(2)14-7-6-8-18(14)21(19,20)16-12(4)9-11(3)15(17)13(16)5/h9-10,14H,6-8,17H2,1-5H3. The molecular formula is C16H26N2O2S. The van der Waals surface area contributed by atoms with Crippen LogP contribution in [0.3, 0.4) is 0 Å². The first kappa shape index (κ1) is 16.3. The SMILES string of the molecule is Cc1cc(C)c(S(=O)(=O)N2CCCC2C(C)C)c(C)c1N. The Kier molecular flexibility index (Phi) is 4.36. The van der Waals surface area contributed by atoms with Crippen LogP contribution in [0.4, 0.5) is 5.69 Å². The zero-order valence-electron chi connectivity index (χ0n) is 13.6. The summed E-state index contributed by atoms with van der Waals surface area (Å²) in [5.41, 5.74) is 9.05. The lowest BCUT2D eigenvalue weighted by Crippen LogP contribution is -2.39. The van der Waals surface area contributed by atoms with Crippen molar-refractivity contribution in [3.05, 3.63) is 22.8 Å². The van der Waals surface area contributed by atoms with E-state index in [9.17, 15) is 8.42 Å². The maximum atomic E-state index is 13.1. The van der Waals surface area contributed by atoms with Crippen LogP contribution in [0.25, 0.3) is 0 Å². The van der Waals surface area contributed by atoms with Gasteiger partial charge in [0.25, 0.3) is 0 Å². The van der Waals surface area contributed by atoms with Gasteiger partial charge in [0.15, 0.2) is 0 Å². The van der Waals surface area contributed by atoms with Gasteiger partial charge in [-0.05, 0) is 56.2 Å². The van der Waals surface area contributed by atoms with Gasteiger partial charge in [-0.3, -0.25) is 0 Å². The minimum Gasteiger partial charge on any atom is -0.398 e. The molecule has 0 amide bonds. The van der Waals surface area contributed by atoms with Gasteiger partial charge in [-0.15, -0.1) is 0 Å². The number of nitrogen functional groups attached to an aromatic ring is 1. The van der Waals surface area contributed by atoms with Gasteiger partial charge in [0, 0.05) is 18.3 Å². The summed E-state index contributed by atoms with van der Waals surface area (Å²) in [7, 11) is -3.48. The van der Waals surface area contributed by atoms with Crippen molar-refractivity contribution in [1.29, 1.82) is 0 Å². The highest BCUT2D eigenvalue weighted by Crippen LogP contribution is 2.35. The van der Waals surface area contributed by atoms with Gasteiger partial charge in [-0.2, -0.15) is 4.31 Å². The first-order valence-corrected chi connectivity index (χ1v) is 9.00. The average Bonchev–Trinajstić information content (AvgIpc) is 2.85. The molecule has 1 saturated heterocycles. The third-order valence-corrected chi connectivity index (χ3v) is 6.76. The molecule has 1 atom stereocenters. The second-order valence-electron chi connectivity index (χ2n) is 6.45. The lowest BCUT2D eigenvalue weighted by Gasteiger charge is -2.28. The molecule has 1 aromatic rings. The molecule has 1 aliphatic rings. The largest absolute Gasteiger partial charge is 0.398 e. The molecule has 1 aliphatic heterocycles. The fourth-order valence-electron chi connectivity index (χ4n) is 3.43. The number of aryl methyl sites for hydroxylation is 2. The van der Waals surface area contributed by atoms with Gasteiger partial charge in [0.05, 0.1) is 4.90 Å². The van der Waals surface area contributed by atoms with Crippen molar-refractivity contribution in [2.45, 2.75) is 58.4 Å². The van der Waals surface area contributed by atoms with Crippen molar-refractivity contribution in [3.63, 3.8) is 0 Å². The topological polar surface area (TPSA) is 63.4 Å². The zero-order valence-corrected chi connectivity index (χ0v) is 14.4. The number of hydrogen-bond donors (Lipinski definition) is 1. The molecule has 0 aromatic heterocycles. The molecule has 4 nitrogen and oxygen atoms in total. The predicted molar refractivity (Wildman–Crippen MR) is 86.8 cm³/mol. The van der Waals surface area contributed by atoms with E-state index in [2.05, 4.69) is 13.8 Å². The maximum absolute atomic E-state index is 13.1. The number of nitrogens with zero attached hydrogens (tertiary/aromatic N) is 1. The molecule has 1 aromatic carbocycles. The van der Waals surface area contributed by atoms with E-state index >= 15 is 0 Å². The monoisotopic (exact) mass is 310 g/mol. The van der Waals surface area contributed by atoms with E-state index in [0.29, 0.717) is 28.6 Å². The molecule has 0 aliphatic carbocycles. The molecule has 1 fully saturated rings. The second kappa shape index (κ2) is 5.61. The highest BCUT2D eigenvalue weighted by Gasteiger charge is 2.38. The molecule has 0 spiro atoms. The minimum absolute atomic E-state index is 0.0938. The van der Waals surface area contributed by atoms with Crippen molar-refractivity contribution in [1.82, 2.24) is 4.31 Å². The summed E-state index contributed by atoms with van der Waals surface area (Å²) in [4.78, 5) is 0.401. The Morgan fingerprint density at radius 2 is 1.86 bits per heavy atom. The summed E-state index contributed by atoms with van der Waals surface area (Å²) >= 11 is 0. The van der Waals surface area contributed by atoms with Crippen molar-refractivity contribution >= 4 is 15.7 Å². The molecular weight excluding hydrogens is 284 g/mol. The highest BCUT2D eigenvalue weighted by atomic mass is 32.2. The lowest BCUT2D eigenvalue weighted by molar-refractivity contribution is 0.315. The second-order valence-corrected chi connectivity index (χ2v) is 8.27. The predicted octanol–water partition coefficient (Wildman–Crippen LogP) is 3.00. The fraction of sp³-hybridized carbons (Fsp3) is 0.625. The maximum Gasteiger partial charge on any atom is 0.243 e. The van der Waals surface area contributed by atoms with E-state index in [1.165, 1.54) is 0 Å². The minimum atomic E-state index is -3.48. The van der Waals surface area contributed by atoms with Crippen LogP contribution in [-0.4, -0.2) is 25.3 Å². The number of nitrogens with two attached hydrogens (primary N) is 1. The first-order chi connectivity index (χ1) is 9.67. The van der Waals surface area contributed by atoms with Crippen LogP contribution < -0.4 is 5.73 Å². The first-order valence-electron chi connectivity index (χ1n) is 7.56. The third-order valence-electron chi connectivity index (χ3n) is 4.55. The van der Waals surface area contributed by atoms with Crippen LogP contribution >= 0.6 is 0 Å². The Bertz CT molecular complexity index is 651. The fourth-order valence-corrected chi connectivity index (χ4v) is 5.70. The van der Waals surface area contributed by atoms with Gasteiger partial charge in [-0.1, -0.05) is 19.9 Å². The quantitative estimate of drug-likeness (QED) is 0.873. The Hall–Kier alpha value is -1.07. The molecule has 1 unspecified atom stereocenters. The normalized spacial score (nSPS) is 20.4. The summed E-state index contributed by atoms with van der Waals surface area (Å²) in [5, 5.41) is 0. The molecule has 21 heavy (non-hydrogen) atoms. The molecule has 0 bridgehead atoms. The van der Waals surface area contributed by atoms with Gasteiger partial charge < -0.3 is 5.73 Å². The lowest BCUT2D eigenvalue weighted by atomic mass is 10.0. The number of sulfonamides is 1. The van der Waals surface area contributed by atoms with Crippen LogP contribution in [0.5, 0.6) is 0 Å². The van der Waals surface area contributed by atoms with Gasteiger partial charge in [0.2, 0.25) is 10.0 Å². The molecule has 2 rings (SSSR count). The average molecular weight is 310 g/mol. The Balaban J connectivity index is 2.58. The van der Waals surface area contributed by atoms with Crippen LogP contribution in [-0.2, 0) is 10.0 Å². The molecule has 0 saturated carbocycles. The van der Waals surface area contributed by atoms with Crippen molar-refractivity contribution < 1.29 is 8.42 Å².